The van der Waals surface area contributed by atoms with Gasteiger partial charge in [0.1, 0.15) is 5.75 Å². The van der Waals surface area contributed by atoms with Crippen LogP contribution in [0.25, 0.3) is 0 Å². The molecule has 0 aromatic heterocycles. The van der Waals surface area contributed by atoms with E-state index in [-0.39, 0.29) is 10.7 Å². The second-order valence-corrected chi connectivity index (χ2v) is 5.56. The number of carboxylic acids is 1. The maximum Gasteiger partial charge on any atom is 0.257 e. The number of carboxylic acid groups (broad SMARTS) is 1. The van der Waals surface area contributed by atoms with Gasteiger partial charge in [0.25, 0.3) is 5.91 Å². The Labute approximate surface area is 150 Å². The zero-order chi connectivity index (χ0) is 18.2. The van der Waals surface area contributed by atoms with Crippen LogP contribution in [-0.2, 0) is 0 Å². The van der Waals surface area contributed by atoms with Crippen molar-refractivity contribution in [2.45, 2.75) is 13.3 Å². The summed E-state index contributed by atoms with van der Waals surface area (Å²) < 4.78 is 5.49. The van der Waals surface area contributed by atoms with Gasteiger partial charge in [-0.25, -0.2) is 0 Å². The first-order chi connectivity index (χ1) is 12.0. The highest BCUT2D eigenvalue weighted by Crippen LogP contribution is 2.14. The Morgan fingerprint density at radius 3 is 2.56 bits per heavy atom. The van der Waals surface area contributed by atoms with E-state index in [1.165, 1.54) is 12.1 Å². The van der Waals surface area contributed by atoms with E-state index in [0.29, 0.717) is 23.6 Å². The lowest BCUT2D eigenvalue weighted by Gasteiger charge is -2.12. The van der Waals surface area contributed by atoms with Crippen LogP contribution in [0, 0.1) is 0 Å². The highest BCUT2D eigenvalue weighted by Gasteiger charge is 2.09. The molecule has 6 nitrogen and oxygen atoms in total. The molecule has 25 heavy (non-hydrogen) atoms. The first kappa shape index (κ1) is 18.4. The van der Waals surface area contributed by atoms with E-state index in [4.69, 9.17) is 17.0 Å². The average Bonchev–Trinajstić information content (AvgIpc) is 2.60. The molecule has 0 heterocycles. The molecule has 0 unspecified atom stereocenters. The smallest absolute Gasteiger partial charge is 0.257 e. The largest absolute Gasteiger partial charge is 0.545 e. The van der Waals surface area contributed by atoms with Gasteiger partial charge < -0.3 is 20.0 Å². The van der Waals surface area contributed by atoms with Crippen molar-refractivity contribution in [3.8, 4) is 5.75 Å². The van der Waals surface area contributed by atoms with Crippen molar-refractivity contribution >= 4 is 34.9 Å². The molecule has 0 aliphatic rings. The zero-order valence-electron chi connectivity index (χ0n) is 13.6. The van der Waals surface area contributed by atoms with Crippen molar-refractivity contribution < 1.29 is 19.4 Å². The molecule has 0 spiro atoms. The summed E-state index contributed by atoms with van der Waals surface area (Å²) in [7, 11) is 0. The number of nitrogens with one attached hydrogen (secondary N) is 2. The number of carbonyl (C=O) groups is 2. The standard InChI is InChI=1S/C18H18N2O4S/c1-2-9-24-15-8-4-5-12(11-15)16(21)20-18(25)19-14-7-3-6-13(10-14)17(22)23/h3-8,10-11H,2,9H2,1H3,(H,22,23)(H2,19,20,21,25)/p-1. The molecule has 0 radical (unpaired) electrons. The Balaban J connectivity index is 1.99. The molecule has 2 N–H and O–H groups in total. The molecule has 7 heteroatoms. The van der Waals surface area contributed by atoms with Crippen LogP contribution in [0.5, 0.6) is 5.75 Å². The second-order valence-electron chi connectivity index (χ2n) is 5.15. The number of thiocarbonyl (C=S) groups is 1. The minimum Gasteiger partial charge on any atom is -0.545 e. The molecular formula is C18H17N2O4S-. The normalized spacial score (nSPS) is 9.96. The van der Waals surface area contributed by atoms with Gasteiger partial charge in [-0.2, -0.15) is 0 Å². The van der Waals surface area contributed by atoms with Crippen LogP contribution in [0.4, 0.5) is 5.69 Å². The Morgan fingerprint density at radius 2 is 1.84 bits per heavy atom. The zero-order valence-corrected chi connectivity index (χ0v) is 14.4. The number of ether oxygens (including phenoxy) is 1. The number of anilines is 1. The van der Waals surface area contributed by atoms with Gasteiger partial charge in [-0.05, 0) is 54.5 Å². The quantitative estimate of drug-likeness (QED) is 0.768. The third kappa shape index (κ3) is 5.58. The fraction of sp³-hybridized carbons (Fsp3) is 0.167. The molecule has 0 bridgehead atoms. The van der Waals surface area contributed by atoms with Crippen LogP contribution in [0.2, 0.25) is 0 Å². The van der Waals surface area contributed by atoms with Crippen LogP contribution < -0.4 is 20.5 Å². The van der Waals surface area contributed by atoms with Crippen molar-refractivity contribution in [2.24, 2.45) is 0 Å². The Kier molecular flexibility index (Phi) is 6.47. The molecule has 2 aromatic carbocycles. The molecule has 1 amide bonds. The summed E-state index contributed by atoms with van der Waals surface area (Å²) in [5, 5.41) is 16.2. The molecule has 2 aromatic rings. The molecule has 0 aliphatic heterocycles. The lowest BCUT2D eigenvalue weighted by atomic mass is 10.2. The number of rotatable bonds is 6. The molecule has 0 atom stereocenters. The molecule has 130 valence electrons. The first-order valence-corrected chi connectivity index (χ1v) is 8.07. The van der Waals surface area contributed by atoms with Crippen LogP contribution in [0.1, 0.15) is 34.1 Å². The fourth-order valence-corrected chi connectivity index (χ4v) is 2.22. The molecule has 0 saturated carbocycles. The molecular weight excluding hydrogens is 340 g/mol. The Bertz CT molecular complexity index is 792. The summed E-state index contributed by atoms with van der Waals surface area (Å²) in [5.41, 5.74) is 0.855. The van der Waals surface area contributed by atoms with E-state index in [0.717, 1.165) is 6.42 Å². The SMILES string of the molecule is CCCOc1cccc(C(=O)NC(=S)Nc2cccc(C(=O)[O-])c2)c1. The lowest BCUT2D eigenvalue weighted by Crippen LogP contribution is -2.34. The summed E-state index contributed by atoms with van der Waals surface area (Å²) in [4.78, 5) is 23.1. The molecule has 2 rings (SSSR count). The maximum atomic E-state index is 12.2. The minimum absolute atomic E-state index is 0.0138. The minimum atomic E-state index is -1.29. The summed E-state index contributed by atoms with van der Waals surface area (Å²) in [6, 6.07) is 12.7. The second kappa shape index (κ2) is 8.79. The van der Waals surface area contributed by atoms with Gasteiger partial charge in [0.05, 0.1) is 12.6 Å². The van der Waals surface area contributed by atoms with Gasteiger partial charge in [-0.1, -0.05) is 25.1 Å². The number of hydrogen-bond acceptors (Lipinski definition) is 5. The van der Waals surface area contributed by atoms with Crippen molar-refractivity contribution in [2.75, 3.05) is 11.9 Å². The summed E-state index contributed by atoms with van der Waals surface area (Å²) >= 11 is 5.09. The topological polar surface area (TPSA) is 90.5 Å². The summed E-state index contributed by atoms with van der Waals surface area (Å²) in [6.07, 6.45) is 0.870. The third-order valence-corrected chi connectivity index (χ3v) is 3.36. The van der Waals surface area contributed by atoms with Gasteiger partial charge in [0.2, 0.25) is 0 Å². The van der Waals surface area contributed by atoms with E-state index in [9.17, 15) is 14.7 Å². The summed E-state index contributed by atoms with van der Waals surface area (Å²) in [6.45, 7) is 2.57. The average molecular weight is 357 g/mol. The van der Waals surface area contributed by atoms with E-state index >= 15 is 0 Å². The van der Waals surface area contributed by atoms with Crippen LogP contribution >= 0.6 is 12.2 Å². The Hall–Kier alpha value is -2.93. The van der Waals surface area contributed by atoms with Crippen molar-refractivity contribution in [1.82, 2.24) is 5.32 Å². The maximum absolute atomic E-state index is 12.2. The number of aromatic carboxylic acids is 1. The highest BCUT2D eigenvalue weighted by molar-refractivity contribution is 7.80. The molecule has 0 saturated heterocycles. The highest BCUT2D eigenvalue weighted by atomic mass is 32.1. The van der Waals surface area contributed by atoms with Crippen molar-refractivity contribution in [3.63, 3.8) is 0 Å². The number of carbonyl (C=O) groups excluding carboxylic acids is 2. The predicted octanol–water partition coefficient (Wildman–Crippen LogP) is 1.97. The van der Waals surface area contributed by atoms with Gasteiger partial charge in [0.15, 0.2) is 5.11 Å². The first-order valence-electron chi connectivity index (χ1n) is 7.66. The predicted molar refractivity (Wildman–Crippen MR) is 96.7 cm³/mol. The van der Waals surface area contributed by atoms with Gasteiger partial charge in [-0.3, -0.25) is 10.1 Å². The number of amides is 1. The van der Waals surface area contributed by atoms with Gasteiger partial charge in [-0.15, -0.1) is 0 Å². The van der Waals surface area contributed by atoms with Crippen molar-refractivity contribution in [1.29, 1.82) is 0 Å². The van der Waals surface area contributed by atoms with Crippen LogP contribution in [0.15, 0.2) is 48.5 Å². The molecule has 0 aliphatic carbocycles. The van der Waals surface area contributed by atoms with E-state index < -0.39 is 11.9 Å². The van der Waals surface area contributed by atoms with Crippen LogP contribution in [0.3, 0.4) is 0 Å². The van der Waals surface area contributed by atoms with Crippen LogP contribution in [-0.4, -0.2) is 23.6 Å². The summed E-state index contributed by atoms with van der Waals surface area (Å²) in [5.74, 6) is -1.08. The lowest BCUT2D eigenvalue weighted by molar-refractivity contribution is -0.255. The third-order valence-electron chi connectivity index (χ3n) is 3.15. The monoisotopic (exact) mass is 357 g/mol. The van der Waals surface area contributed by atoms with Crippen molar-refractivity contribution in [3.05, 3.63) is 59.7 Å². The van der Waals surface area contributed by atoms with E-state index in [1.807, 2.05) is 6.92 Å². The van der Waals surface area contributed by atoms with Gasteiger partial charge in [0, 0.05) is 11.3 Å². The number of hydrogen-bond donors (Lipinski definition) is 2. The fourth-order valence-electron chi connectivity index (χ4n) is 2.01. The Morgan fingerprint density at radius 1 is 1.12 bits per heavy atom. The van der Waals surface area contributed by atoms with E-state index in [2.05, 4.69) is 10.6 Å². The van der Waals surface area contributed by atoms with E-state index in [1.54, 1.807) is 36.4 Å². The molecule has 0 fully saturated rings. The number of benzene rings is 2. The van der Waals surface area contributed by atoms with Gasteiger partial charge >= 0.3 is 0 Å².